The van der Waals surface area contributed by atoms with Gasteiger partial charge in [0.05, 0.1) is 21.7 Å². The molecule has 2 aromatic carbocycles. The number of carbonyl (C=O) groups is 1. The zero-order valence-corrected chi connectivity index (χ0v) is 17.3. The van der Waals surface area contributed by atoms with Crippen molar-refractivity contribution in [1.82, 2.24) is 0 Å². The lowest BCUT2D eigenvalue weighted by Crippen LogP contribution is -2.42. The third-order valence-electron chi connectivity index (χ3n) is 4.65. The number of halogens is 1. The number of benzene rings is 2. The molecule has 0 aromatic heterocycles. The van der Waals surface area contributed by atoms with Crippen molar-refractivity contribution in [2.24, 2.45) is 5.41 Å². The maximum Gasteiger partial charge on any atom is 0.262 e. The van der Waals surface area contributed by atoms with Crippen molar-refractivity contribution in [1.29, 1.82) is 0 Å². The van der Waals surface area contributed by atoms with Crippen LogP contribution in [-0.2, 0) is 14.8 Å². The molecule has 0 aliphatic carbocycles. The van der Waals surface area contributed by atoms with Gasteiger partial charge in [0, 0.05) is 6.54 Å². The summed E-state index contributed by atoms with van der Waals surface area (Å²) in [7, 11) is -3.94. The lowest BCUT2D eigenvalue weighted by Gasteiger charge is -2.27. The van der Waals surface area contributed by atoms with Gasteiger partial charge in [-0.2, -0.15) is 0 Å². The number of rotatable bonds is 5. The summed E-state index contributed by atoms with van der Waals surface area (Å²) >= 11 is 0. The summed E-state index contributed by atoms with van der Waals surface area (Å²) in [6, 6.07) is 8.20. The first-order chi connectivity index (χ1) is 13.5. The Morgan fingerprint density at radius 2 is 2.00 bits per heavy atom. The number of hydrogen-bond acceptors (Lipinski definition) is 4. The second-order valence-corrected chi connectivity index (χ2v) is 9.23. The summed E-state index contributed by atoms with van der Waals surface area (Å²) in [5.41, 5.74) is 0.266. The number of carbonyl (C=O) groups excluding carboxylic acids is 1. The molecule has 0 saturated heterocycles. The molecule has 1 N–H and O–H groups in total. The first-order valence-electron chi connectivity index (χ1n) is 9.04. The zero-order valence-electron chi connectivity index (χ0n) is 16.5. The number of aryl methyl sites for hydroxylation is 1. The molecule has 29 heavy (non-hydrogen) atoms. The van der Waals surface area contributed by atoms with Crippen LogP contribution in [0.25, 0.3) is 0 Å². The van der Waals surface area contributed by atoms with Crippen LogP contribution >= 0.6 is 0 Å². The first-order valence-corrected chi connectivity index (χ1v) is 10.5. The van der Waals surface area contributed by atoms with Gasteiger partial charge in [0.1, 0.15) is 18.2 Å². The van der Waals surface area contributed by atoms with E-state index in [1.807, 2.05) is 0 Å². The topological polar surface area (TPSA) is 75.7 Å². The van der Waals surface area contributed by atoms with Crippen molar-refractivity contribution < 1.29 is 22.3 Å². The minimum Gasteiger partial charge on any atom is -0.490 e. The molecule has 0 spiro atoms. The van der Waals surface area contributed by atoms with Gasteiger partial charge in [-0.3, -0.25) is 9.52 Å². The summed E-state index contributed by atoms with van der Waals surface area (Å²) in [4.78, 5) is 14.4. The summed E-state index contributed by atoms with van der Waals surface area (Å²) in [6.07, 6.45) is 1.60. The highest BCUT2D eigenvalue weighted by Gasteiger charge is 2.37. The smallest absolute Gasteiger partial charge is 0.262 e. The fraction of sp³-hybridized carbons (Fsp3) is 0.286. The van der Waals surface area contributed by atoms with Crippen molar-refractivity contribution in [3.05, 3.63) is 60.4 Å². The van der Waals surface area contributed by atoms with Crippen LogP contribution in [0.15, 0.2) is 53.9 Å². The predicted octanol–water partition coefficient (Wildman–Crippen LogP) is 3.87. The van der Waals surface area contributed by atoms with Gasteiger partial charge in [0.2, 0.25) is 5.91 Å². The molecule has 8 heteroatoms. The lowest BCUT2D eigenvalue weighted by atomic mass is 9.93. The van der Waals surface area contributed by atoms with E-state index >= 15 is 0 Å². The minimum atomic E-state index is -3.94. The van der Waals surface area contributed by atoms with Crippen molar-refractivity contribution in [2.45, 2.75) is 25.7 Å². The van der Waals surface area contributed by atoms with E-state index in [0.717, 1.165) is 12.1 Å². The number of nitrogens with one attached hydrogen (secondary N) is 1. The second kappa shape index (κ2) is 7.51. The highest BCUT2D eigenvalue weighted by molar-refractivity contribution is 7.92. The molecule has 1 heterocycles. The summed E-state index contributed by atoms with van der Waals surface area (Å²) in [5, 5.41) is 0. The van der Waals surface area contributed by atoms with Crippen molar-refractivity contribution >= 4 is 27.3 Å². The van der Waals surface area contributed by atoms with E-state index in [-0.39, 0.29) is 29.6 Å². The second-order valence-electron chi connectivity index (χ2n) is 7.57. The number of amides is 1. The van der Waals surface area contributed by atoms with Crippen LogP contribution in [0, 0.1) is 18.2 Å². The van der Waals surface area contributed by atoms with E-state index in [1.54, 1.807) is 38.1 Å². The number of sulfonamides is 1. The Kier molecular flexibility index (Phi) is 5.40. The molecule has 0 bridgehead atoms. The fourth-order valence-electron chi connectivity index (χ4n) is 3.14. The third kappa shape index (κ3) is 4.12. The van der Waals surface area contributed by atoms with Gasteiger partial charge >= 0.3 is 0 Å². The predicted molar refractivity (Wildman–Crippen MR) is 110 cm³/mol. The highest BCUT2D eigenvalue weighted by Crippen LogP contribution is 2.38. The van der Waals surface area contributed by atoms with Crippen LogP contribution in [0.1, 0.15) is 19.4 Å². The number of hydrogen-bond donors (Lipinski definition) is 1. The average molecular weight is 418 g/mol. The quantitative estimate of drug-likeness (QED) is 0.748. The van der Waals surface area contributed by atoms with Crippen molar-refractivity contribution in [2.75, 3.05) is 22.8 Å². The largest absolute Gasteiger partial charge is 0.490 e. The molecule has 1 amide bonds. The van der Waals surface area contributed by atoms with Crippen LogP contribution in [0.5, 0.6) is 5.75 Å². The van der Waals surface area contributed by atoms with Gasteiger partial charge in [0.15, 0.2) is 0 Å². The Morgan fingerprint density at radius 1 is 1.28 bits per heavy atom. The highest BCUT2D eigenvalue weighted by atomic mass is 32.2. The number of ether oxygens (including phenoxy) is 1. The standard InChI is InChI=1S/C21H23FN2O4S/c1-5-10-24-17-12-16(7-8-18(17)28-13-21(3,4)20(24)25)23-29(26,27)19-9-6-15(22)11-14(19)2/h5-9,11-12,23H,1,10,13H2,2-4H3. The van der Waals surface area contributed by atoms with E-state index in [4.69, 9.17) is 4.74 Å². The average Bonchev–Trinajstić information content (AvgIpc) is 2.71. The Labute approximate surface area is 170 Å². The monoisotopic (exact) mass is 418 g/mol. The Morgan fingerprint density at radius 3 is 2.66 bits per heavy atom. The SMILES string of the molecule is C=CCN1C(=O)C(C)(C)COc2ccc(NS(=O)(=O)c3ccc(F)cc3C)cc21. The molecule has 3 rings (SSSR count). The number of anilines is 2. The first kappa shape index (κ1) is 20.9. The number of nitrogens with zero attached hydrogens (tertiary/aromatic N) is 1. The van der Waals surface area contributed by atoms with Gasteiger partial charge in [-0.1, -0.05) is 6.08 Å². The van der Waals surface area contributed by atoms with Gasteiger partial charge in [-0.25, -0.2) is 12.8 Å². The van der Waals surface area contributed by atoms with E-state index in [1.165, 1.54) is 17.9 Å². The van der Waals surface area contributed by atoms with Crippen LogP contribution in [0.3, 0.4) is 0 Å². The summed E-state index contributed by atoms with van der Waals surface area (Å²) in [6.45, 7) is 9.26. The molecular formula is C21H23FN2O4S. The van der Waals surface area contributed by atoms with Crippen LogP contribution in [-0.4, -0.2) is 27.5 Å². The Balaban J connectivity index is 2.01. The van der Waals surface area contributed by atoms with Gasteiger partial charge in [-0.15, -0.1) is 6.58 Å². The van der Waals surface area contributed by atoms with Crippen molar-refractivity contribution in [3.8, 4) is 5.75 Å². The van der Waals surface area contributed by atoms with Crippen molar-refractivity contribution in [3.63, 3.8) is 0 Å². The fourth-order valence-corrected chi connectivity index (χ4v) is 4.42. The molecule has 2 aromatic rings. The Bertz CT molecular complexity index is 1080. The van der Waals surface area contributed by atoms with Crippen LogP contribution < -0.4 is 14.4 Å². The normalized spacial score (nSPS) is 15.9. The van der Waals surface area contributed by atoms with Gasteiger partial charge in [0.25, 0.3) is 10.0 Å². The Hall–Kier alpha value is -2.87. The molecule has 1 aliphatic rings. The zero-order chi connectivity index (χ0) is 21.4. The lowest BCUT2D eigenvalue weighted by molar-refractivity contribution is -0.127. The number of fused-ring (bicyclic) bond motifs is 1. The minimum absolute atomic E-state index is 0.0229. The maximum atomic E-state index is 13.3. The maximum absolute atomic E-state index is 13.3. The third-order valence-corrected chi connectivity index (χ3v) is 6.19. The van der Waals surface area contributed by atoms with Gasteiger partial charge < -0.3 is 9.64 Å². The molecule has 0 fully saturated rings. The molecular weight excluding hydrogens is 395 g/mol. The van der Waals surface area contributed by atoms with E-state index in [9.17, 15) is 17.6 Å². The molecule has 6 nitrogen and oxygen atoms in total. The molecule has 1 aliphatic heterocycles. The van der Waals surface area contributed by atoms with Crippen LogP contribution in [0.2, 0.25) is 0 Å². The van der Waals surface area contributed by atoms with E-state index < -0.39 is 21.3 Å². The molecule has 0 unspecified atom stereocenters. The van der Waals surface area contributed by atoms with Crippen LogP contribution in [0.4, 0.5) is 15.8 Å². The van der Waals surface area contributed by atoms with E-state index in [2.05, 4.69) is 11.3 Å². The summed E-state index contributed by atoms with van der Waals surface area (Å²) < 4.78 is 47.2. The van der Waals surface area contributed by atoms with E-state index in [0.29, 0.717) is 17.0 Å². The molecule has 154 valence electrons. The summed E-state index contributed by atoms with van der Waals surface area (Å²) in [5.74, 6) is -0.179. The molecule has 0 atom stereocenters. The molecule has 0 radical (unpaired) electrons. The van der Waals surface area contributed by atoms with Gasteiger partial charge in [-0.05, 0) is 62.7 Å². The molecule has 0 saturated carbocycles.